The van der Waals surface area contributed by atoms with Crippen LogP contribution in [0.4, 0.5) is 8.78 Å². The molecule has 1 saturated heterocycles. The second-order valence-electron chi connectivity index (χ2n) is 4.30. The number of methoxy groups -OCH3 is 1. The van der Waals surface area contributed by atoms with Gasteiger partial charge in [0.15, 0.2) is 5.60 Å². The summed E-state index contributed by atoms with van der Waals surface area (Å²) in [6.07, 6.45) is 0. The molecule has 1 aromatic rings. The molecule has 0 N–H and O–H groups in total. The van der Waals surface area contributed by atoms with E-state index >= 15 is 0 Å². The minimum Gasteiger partial charge on any atom is -0.466 e. The SMILES string of the molecule is COC(=O)C1(Cl)OC1(C)c1cc(F)c(C)cc1F. The van der Waals surface area contributed by atoms with Crippen LogP contribution >= 0.6 is 11.6 Å². The number of carbonyl (C=O) groups excluding carboxylic acids is 1. The highest BCUT2D eigenvalue weighted by Gasteiger charge is 2.74. The molecule has 18 heavy (non-hydrogen) atoms. The van der Waals surface area contributed by atoms with Crippen LogP contribution < -0.4 is 0 Å². The van der Waals surface area contributed by atoms with Gasteiger partial charge in [-0.2, -0.15) is 0 Å². The van der Waals surface area contributed by atoms with E-state index in [4.69, 9.17) is 16.3 Å². The molecule has 0 radical (unpaired) electrons. The third kappa shape index (κ3) is 1.61. The predicted molar refractivity (Wildman–Crippen MR) is 60.1 cm³/mol. The van der Waals surface area contributed by atoms with Crippen LogP contribution in [0.5, 0.6) is 0 Å². The van der Waals surface area contributed by atoms with E-state index in [0.717, 1.165) is 19.2 Å². The number of esters is 1. The van der Waals surface area contributed by atoms with E-state index in [1.165, 1.54) is 13.8 Å². The van der Waals surface area contributed by atoms with Crippen molar-refractivity contribution < 1.29 is 23.0 Å². The summed E-state index contributed by atoms with van der Waals surface area (Å²) < 4.78 is 36.9. The number of rotatable bonds is 2. The molecule has 2 rings (SSSR count). The summed E-state index contributed by atoms with van der Waals surface area (Å²) in [5.41, 5.74) is -1.37. The number of alkyl halides is 1. The van der Waals surface area contributed by atoms with E-state index in [9.17, 15) is 13.6 Å². The number of benzene rings is 1. The monoisotopic (exact) mass is 276 g/mol. The summed E-state index contributed by atoms with van der Waals surface area (Å²) in [5, 5.41) is -1.80. The Morgan fingerprint density at radius 3 is 2.56 bits per heavy atom. The minimum absolute atomic E-state index is 0.106. The maximum Gasteiger partial charge on any atom is 0.357 e. The van der Waals surface area contributed by atoms with Crippen molar-refractivity contribution in [3.05, 3.63) is 34.9 Å². The highest BCUT2D eigenvalue weighted by atomic mass is 35.5. The van der Waals surface area contributed by atoms with E-state index in [2.05, 4.69) is 4.74 Å². The summed E-state index contributed by atoms with van der Waals surface area (Å²) >= 11 is 5.91. The second kappa shape index (κ2) is 3.90. The summed E-state index contributed by atoms with van der Waals surface area (Å²) in [7, 11) is 1.14. The van der Waals surface area contributed by atoms with Gasteiger partial charge >= 0.3 is 5.97 Å². The summed E-state index contributed by atoms with van der Waals surface area (Å²) in [6, 6.07) is 2.02. The number of ether oxygens (including phenoxy) is 2. The molecule has 3 nitrogen and oxygen atoms in total. The highest BCUT2D eigenvalue weighted by molar-refractivity contribution is 6.35. The number of hydrogen-bond acceptors (Lipinski definition) is 3. The molecule has 1 fully saturated rings. The van der Waals surface area contributed by atoms with Gasteiger partial charge in [0.25, 0.3) is 5.06 Å². The highest BCUT2D eigenvalue weighted by Crippen LogP contribution is 2.59. The van der Waals surface area contributed by atoms with Crippen molar-refractivity contribution in [1.82, 2.24) is 0 Å². The van der Waals surface area contributed by atoms with E-state index in [1.54, 1.807) is 0 Å². The van der Waals surface area contributed by atoms with Crippen LogP contribution in [-0.4, -0.2) is 18.1 Å². The first-order valence-electron chi connectivity index (χ1n) is 5.20. The van der Waals surface area contributed by atoms with Gasteiger partial charge in [-0.25, -0.2) is 13.6 Å². The van der Waals surface area contributed by atoms with Gasteiger partial charge in [-0.1, -0.05) is 11.6 Å². The smallest absolute Gasteiger partial charge is 0.357 e. The Morgan fingerprint density at radius 1 is 1.39 bits per heavy atom. The van der Waals surface area contributed by atoms with Crippen LogP contribution in [0, 0.1) is 18.6 Å². The zero-order valence-corrected chi connectivity index (χ0v) is 10.8. The van der Waals surface area contributed by atoms with E-state index < -0.39 is 28.3 Å². The second-order valence-corrected chi connectivity index (χ2v) is 4.84. The Balaban J connectivity index is 2.46. The van der Waals surface area contributed by atoms with Crippen LogP contribution in [0.15, 0.2) is 12.1 Å². The molecule has 98 valence electrons. The van der Waals surface area contributed by atoms with E-state index in [-0.39, 0.29) is 11.1 Å². The van der Waals surface area contributed by atoms with Crippen molar-refractivity contribution in [2.45, 2.75) is 24.5 Å². The van der Waals surface area contributed by atoms with Crippen molar-refractivity contribution in [3.63, 3.8) is 0 Å². The zero-order chi connectivity index (χ0) is 13.7. The third-order valence-electron chi connectivity index (χ3n) is 3.13. The van der Waals surface area contributed by atoms with Crippen LogP contribution in [0.3, 0.4) is 0 Å². The normalized spacial score (nSPS) is 30.1. The fraction of sp³-hybridized carbons (Fsp3) is 0.417. The Labute approximate surface area is 108 Å². The van der Waals surface area contributed by atoms with Crippen LogP contribution in [0.2, 0.25) is 0 Å². The Morgan fingerprint density at radius 2 is 2.00 bits per heavy atom. The molecule has 1 heterocycles. The molecule has 1 aliphatic rings. The number of epoxide rings is 1. The first kappa shape index (κ1) is 13.2. The Kier molecular flexibility index (Phi) is 2.87. The lowest BCUT2D eigenvalue weighted by atomic mass is 9.95. The van der Waals surface area contributed by atoms with Gasteiger partial charge in [-0.05, 0) is 31.5 Å². The number of halogens is 3. The average Bonchev–Trinajstić information content (AvgIpc) is 2.88. The van der Waals surface area contributed by atoms with Crippen LogP contribution in [-0.2, 0) is 19.9 Å². The van der Waals surface area contributed by atoms with E-state index in [0.29, 0.717) is 0 Å². The minimum atomic E-state index is -1.80. The first-order valence-corrected chi connectivity index (χ1v) is 5.57. The zero-order valence-electron chi connectivity index (χ0n) is 10.0. The molecule has 1 aromatic carbocycles. The van der Waals surface area contributed by atoms with Gasteiger partial charge in [0.05, 0.1) is 7.11 Å². The summed E-state index contributed by atoms with van der Waals surface area (Å²) in [4.78, 5) is 11.5. The number of hydrogen-bond donors (Lipinski definition) is 0. The molecule has 2 unspecified atom stereocenters. The summed E-state index contributed by atoms with van der Waals surface area (Å²) in [5.74, 6) is -2.11. The number of aryl methyl sites for hydroxylation is 1. The molecule has 0 saturated carbocycles. The van der Waals surface area contributed by atoms with Crippen molar-refractivity contribution in [1.29, 1.82) is 0 Å². The lowest BCUT2D eigenvalue weighted by Crippen LogP contribution is -2.27. The fourth-order valence-corrected chi connectivity index (χ4v) is 2.20. The van der Waals surface area contributed by atoms with Crippen molar-refractivity contribution in [2.24, 2.45) is 0 Å². The van der Waals surface area contributed by atoms with Crippen molar-refractivity contribution in [2.75, 3.05) is 7.11 Å². The lowest BCUT2D eigenvalue weighted by Gasteiger charge is -2.11. The standard InChI is InChI=1S/C12H11ClF2O3/c1-6-4-9(15)7(5-8(6)14)11(2)12(13,18-11)10(16)17-3/h4-5H,1-3H3. The third-order valence-corrected chi connectivity index (χ3v) is 3.72. The maximum absolute atomic E-state index is 13.8. The molecular weight excluding hydrogens is 266 g/mol. The Bertz CT molecular complexity index is 534. The molecule has 1 aliphatic heterocycles. The fourth-order valence-electron chi connectivity index (χ4n) is 1.86. The van der Waals surface area contributed by atoms with Gasteiger partial charge < -0.3 is 9.47 Å². The first-order chi connectivity index (χ1) is 8.26. The molecular formula is C12H11ClF2O3. The Hall–Kier alpha value is -1.20. The van der Waals surface area contributed by atoms with Crippen LogP contribution in [0.1, 0.15) is 18.1 Å². The average molecular weight is 277 g/mol. The molecule has 6 heteroatoms. The topological polar surface area (TPSA) is 38.8 Å². The quantitative estimate of drug-likeness (QED) is 0.473. The van der Waals surface area contributed by atoms with E-state index in [1.807, 2.05) is 0 Å². The van der Waals surface area contributed by atoms with Crippen molar-refractivity contribution >= 4 is 17.6 Å². The number of carbonyl (C=O) groups is 1. The largest absolute Gasteiger partial charge is 0.466 e. The van der Waals surface area contributed by atoms with Crippen LogP contribution in [0.25, 0.3) is 0 Å². The van der Waals surface area contributed by atoms with Gasteiger partial charge in [0.2, 0.25) is 0 Å². The molecule has 0 aromatic heterocycles. The predicted octanol–water partition coefficient (Wildman–Crippen LogP) is 2.63. The van der Waals surface area contributed by atoms with Gasteiger partial charge in [0, 0.05) is 5.56 Å². The van der Waals surface area contributed by atoms with Crippen molar-refractivity contribution in [3.8, 4) is 0 Å². The maximum atomic E-state index is 13.8. The molecule has 2 atom stereocenters. The molecule has 0 amide bonds. The van der Waals surface area contributed by atoms with Gasteiger partial charge in [-0.3, -0.25) is 0 Å². The summed E-state index contributed by atoms with van der Waals surface area (Å²) in [6.45, 7) is 2.84. The van der Waals surface area contributed by atoms with Gasteiger partial charge in [-0.15, -0.1) is 0 Å². The molecule has 0 aliphatic carbocycles. The lowest BCUT2D eigenvalue weighted by molar-refractivity contribution is -0.143. The molecule has 0 spiro atoms. The van der Waals surface area contributed by atoms with Gasteiger partial charge in [0.1, 0.15) is 11.6 Å². The molecule has 0 bridgehead atoms.